The molecule has 0 saturated carbocycles. The topological polar surface area (TPSA) is 112 Å². The summed E-state index contributed by atoms with van der Waals surface area (Å²) >= 11 is 1.39. The number of rotatable bonds is 7. The van der Waals surface area contributed by atoms with Crippen molar-refractivity contribution < 1.29 is 9.59 Å². The van der Waals surface area contributed by atoms with Gasteiger partial charge >= 0.3 is 0 Å². The first-order valence-corrected chi connectivity index (χ1v) is 12.6. The van der Waals surface area contributed by atoms with E-state index in [9.17, 15) is 9.59 Å². The maximum Gasteiger partial charge on any atom is 0.265 e. The minimum absolute atomic E-state index is 0.0710. The van der Waals surface area contributed by atoms with Gasteiger partial charge in [0.2, 0.25) is 11.9 Å². The van der Waals surface area contributed by atoms with Gasteiger partial charge < -0.3 is 20.9 Å². The average molecular weight is 500 g/mol. The highest BCUT2D eigenvalue weighted by molar-refractivity contribution is 7.12. The molecule has 0 atom stereocenters. The number of nitrogens with zero attached hydrogens (tertiary/aromatic N) is 4. The number of nitrogens with one attached hydrogen (secondary N) is 3. The summed E-state index contributed by atoms with van der Waals surface area (Å²) in [5.74, 6) is 0.634. The van der Waals surface area contributed by atoms with Crippen LogP contribution in [-0.2, 0) is 0 Å². The molecular formula is C26H25N7O2S. The van der Waals surface area contributed by atoms with Gasteiger partial charge in [0.25, 0.3) is 11.8 Å². The molecule has 2 amide bonds. The first-order chi connectivity index (χ1) is 17.6. The Balaban J connectivity index is 1.21. The van der Waals surface area contributed by atoms with Crippen LogP contribution >= 0.6 is 11.3 Å². The Morgan fingerprint density at radius 1 is 0.806 bits per heavy atom. The largest absolute Gasteiger partial charge is 0.339 e. The molecule has 2 aromatic carbocycles. The molecule has 36 heavy (non-hydrogen) atoms. The van der Waals surface area contributed by atoms with Crippen LogP contribution in [0.3, 0.4) is 0 Å². The number of hydrogen-bond donors (Lipinski definition) is 3. The fourth-order valence-electron chi connectivity index (χ4n) is 3.93. The molecule has 1 fully saturated rings. The van der Waals surface area contributed by atoms with Crippen molar-refractivity contribution in [3.8, 4) is 0 Å². The molecule has 0 aliphatic carbocycles. The summed E-state index contributed by atoms with van der Waals surface area (Å²) < 4.78 is 0. The molecule has 0 bridgehead atoms. The fourth-order valence-corrected chi connectivity index (χ4v) is 4.54. The molecule has 5 rings (SSSR count). The Hall–Kier alpha value is -4.31. The van der Waals surface area contributed by atoms with Crippen molar-refractivity contribution in [2.24, 2.45) is 0 Å². The number of hydrogen-bond acceptors (Lipinski definition) is 8. The average Bonchev–Trinajstić information content (AvgIpc) is 3.45. The van der Waals surface area contributed by atoms with E-state index in [0.717, 1.165) is 37.3 Å². The van der Waals surface area contributed by atoms with Crippen LogP contribution in [0.1, 0.15) is 39.3 Å². The lowest BCUT2D eigenvalue weighted by Crippen LogP contribution is -2.35. The second-order valence-corrected chi connectivity index (χ2v) is 9.27. The van der Waals surface area contributed by atoms with Gasteiger partial charge in [-0.05, 0) is 73.2 Å². The molecule has 3 N–H and O–H groups in total. The molecular weight excluding hydrogens is 474 g/mol. The minimum atomic E-state index is -0.155. The van der Waals surface area contributed by atoms with Crippen LogP contribution in [0.2, 0.25) is 0 Å². The second kappa shape index (κ2) is 11.0. The lowest BCUT2D eigenvalue weighted by molar-refractivity contribution is 0.0724. The summed E-state index contributed by atoms with van der Waals surface area (Å²) in [6, 6.07) is 18.2. The number of anilines is 5. The van der Waals surface area contributed by atoms with Crippen molar-refractivity contribution in [1.82, 2.24) is 19.9 Å². The van der Waals surface area contributed by atoms with Gasteiger partial charge in [0.15, 0.2) is 0 Å². The van der Waals surface area contributed by atoms with Gasteiger partial charge in [-0.2, -0.15) is 4.98 Å². The molecule has 4 aromatic rings. The van der Waals surface area contributed by atoms with E-state index in [4.69, 9.17) is 0 Å². The lowest BCUT2D eigenvalue weighted by Gasteiger charge is -2.26. The minimum Gasteiger partial charge on any atom is -0.339 e. The number of thiophene rings is 1. The van der Waals surface area contributed by atoms with E-state index in [1.165, 1.54) is 24.1 Å². The Labute approximate surface area is 212 Å². The SMILES string of the molecule is O=C(Nc1cccc(Nc2ncnc(Nc3ccc(C(=O)N4CCCCC4)cc3)n2)c1)c1cccs1. The standard InChI is InChI=1S/C26H25N7O2S/c34-23(22-8-5-15-36-22)29-20-6-4-7-21(16-20)31-26-28-17-27-25(32-26)30-19-11-9-18(10-12-19)24(35)33-13-2-1-3-14-33/h4-12,15-17H,1-3,13-14H2,(H,29,34)(H2,27,28,30,31,32). The van der Waals surface area contributed by atoms with Crippen LogP contribution in [0.25, 0.3) is 0 Å². The fraction of sp³-hybridized carbons (Fsp3) is 0.192. The zero-order valence-corrected chi connectivity index (χ0v) is 20.3. The normalized spacial score (nSPS) is 13.2. The van der Waals surface area contributed by atoms with Crippen molar-refractivity contribution in [2.45, 2.75) is 19.3 Å². The molecule has 1 aliphatic rings. The van der Waals surface area contributed by atoms with Gasteiger partial charge in [0.1, 0.15) is 6.33 Å². The molecule has 2 aromatic heterocycles. The highest BCUT2D eigenvalue weighted by Gasteiger charge is 2.18. The summed E-state index contributed by atoms with van der Waals surface area (Å²) in [4.78, 5) is 40.3. The Morgan fingerprint density at radius 3 is 2.25 bits per heavy atom. The van der Waals surface area contributed by atoms with E-state index >= 15 is 0 Å². The van der Waals surface area contributed by atoms with Crippen molar-refractivity contribution >= 4 is 52.1 Å². The molecule has 10 heteroatoms. The smallest absolute Gasteiger partial charge is 0.265 e. The van der Waals surface area contributed by atoms with E-state index in [0.29, 0.717) is 28.0 Å². The van der Waals surface area contributed by atoms with Crippen LogP contribution in [0.5, 0.6) is 0 Å². The number of carbonyl (C=O) groups is 2. The van der Waals surface area contributed by atoms with E-state index < -0.39 is 0 Å². The van der Waals surface area contributed by atoms with Crippen molar-refractivity contribution in [2.75, 3.05) is 29.0 Å². The Kier molecular flexibility index (Phi) is 7.13. The molecule has 0 unspecified atom stereocenters. The maximum atomic E-state index is 12.7. The zero-order valence-electron chi connectivity index (χ0n) is 19.5. The summed E-state index contributed by atoms with van der Waals surface area (Å²) in [5, 5.41) is 11.0. The molecule has 182 valence electrons. The summed E-state index contributed by atoms with van der Waals surface area (Å²) in [7, 11) is 0. The number of benzene rings is 2. The maximum absolute atomic E-state index is 12.7. The van der Waals surface area contributed by atoms with E-state index in [1.54, 1.807) is 12.1 Å². The van der Waals surface area contributed by atoms with Gasteiger partial charge in [-0.3, -0.25) is 9.59 Å². The first kappa shape index (κ1) is 23.4. The third-order valence-corrected chi connectivity index (χ3v) is 6.59. The number of amides is 2. The molecule has 0 radical (unpaired) electrons. The summed E-state index contributed by atoms with van der Waals surface area (Å²) in [6.07, 6.45) is 4.73. The Morgan fingerprint density at radius 2 is 1.53 bits per heavy atom. The van der Waals surface area contributed by atoms with Crippen LogP contribution < -0.4 is 16.0 Å². The van der Waals surface area contributed by atoms with E-state index in [-0.39, 0.29) is 11.8 Å². The van der Waals surface area contributed by atoms with Gasteiger partial charge in [-0.15, -0.1) is 11.3 Å². The third-order valence-electron chi connectivity index (χ3n) is 5.72. The van der Waals surface area contributed by atoms with Crippen LogP contribution in [0, 0.1) is 0 Å². The summed E-state index contributed by atoms with van der Waals surface area (Å²) in [6.45, 7) is 1.65. The number of likely N-dealkylation sites (tertiary alicyclic amines) is 1. The third kappa shape index (κ3) is 5.84. The van der Waals surface area contributed by atoms with Crippen LogP contribution in [-0.4, -0.2) is 44.8 Å². The van der Waals surface area contributed by atoms with E-state index in [2.05, 4.69) is 30.9 Å². The highest BCUT2D eigenvalue weighted by atomic mass is 32.1. The van der Waals surface area contributed by atoms with Crippen LogP contribution in [0.4, 0.5) is 29.0 Å². The zero-order chi connectivity index (χ0) is 24.7. The van der Waals surface area contributed by atoms with E-state index in [1.807, 2.05) is 58.8 Å². The van der Waals surface area contributed by atoms with Crippen molar-refractivity contribution in [3.63, 3.8) is 0 Å². The predicted octanol–water partition coefficient (Wildman–Crippen LogP) is 5.30. The molecule has 3 heterocycles. The molecule has 9 nitrogen and oxygen atoms in total. The first-order valence-electron chi connectivity index (χ1n) is 11.7. The lowest BCUT2D eigenvalue weighted by atomic mass is 10.1. The molecule has 1 aliphatic heterocycles. The van der Waals surface area contributed by atoms with Crippen LogP contribution in [0.15, 0.2) is 72.4 Å². The van der Waals surface area contributed by atoms with Gasteiger partial charge in [0.05, 0.1) is 4.88 Å². The monoisotopic (exact) mass is 499 g/mol. The molecule has 0 spiro atoms. The van der Waals surface area contributed by atoms with Gasteiger partial charge in [-0.25, -0.2) is 9.97 Å². The number of carbonyl (C=O) groups excluding carboxylic acids is 2. The highest BCUT2D eigenvalue weighted by Crippen LogP contribution is 2.21. The second-order valence-electron chi connectivity index (χ2n) is 8.33. The quantitative estimate of drug-likeness (QED) is 0.316. The Bertz CT molecular complexity index is 1340. The van der Waals surface area contributed by atoms with Crippen molar-refractivity contribution in [3.05, 3.63) is 82.8 Å². The predicted molar refractivity (Wildman–Crippen MR) is 141 cm³/mol. The molecule has 1 saturated heterocycles. The summed E-state index contributed by atoms with van der Waals surface area (Å²) in [5.41, 5.74) is 2.81. The number of piperidine rings is 1. The van der Waals surface area contributed by atoms with Gasteiger partial charge in [0, 0.05) is 35.7 Å². The van der Waals surface area contributed by atoms with Crippen molar-refractivity contribution in [1.29, 1.82) is 0 Å². The van der Waals surface area contributed by atoms with Gasteiger partial charge in [-0.1, -0.05) is 12.1 Å². The number of aromatic nitrogens is 3.